The van der Waals surface area contributed by atoms with Gasteiger partial charge in [-0.05, 0) is 23.8 Å². The van der Waals surface area contributed by atoms with E-state index in [1.54, 1.807) is 12.1 Å². The molecule has 0 radical (unpaired) electrons. The van der Waals surface area contributed by atoms with Crippen molar-refractivity contribution in [1.29, 1.82) is 5.26 Å². The number of carbonyl (C=O) groups is 1. The number of amides is 1. The van der Waals surface area contributed by atoms with Crippen molar-refractivity contribution in [3.8, 4) is 6.07 Å². The van der Waals surface area contributed by atoms with Crippen LogP contribution in [0, 0.1) is 11.3 Å². The van der Waals surface area contributed by atoms with Crippen molar-refractivity contribution < 1.29 is 9.53 Å². The van der Waals surface area contributed by atoms with Gasteiger partial charge in [-0.1, -0.05) is 41.9 Å². The molecule has 4 nitrogen and oxygen atoms in total. The van der Waals surface area contributed by atoms with E-state index in [0.29, 0.717) is 16.3 Å². The van der Waals surface area contributed by atoms with E-state index in [9.17, 15) is 4.79 Å². The zero-order valence-corrected chi connectivity index (χ0v) is 11.2. The molecule has 0 spiro atoms. The molecule has 0 atom stereocenters. The highest BCUT2D eigenvalue weighted by atomic mass is 35.5. The second-order valence-corrected chi connectivity index (χ2v) is 4.40. The van der Waals surface area contributed by atoms with Crippen LogP contribution in [0.2, 0.25) is 5.02 Å². The number of anilines is 1. The molecule has 0 bridgehead atoms. The number of nitrogens with zero attached hydrogens (tertiary/aromatic N) is 1. The minimum absolute atomic E-state index is 0.181. The number of rotatable bonds is 3. The van der Waals surface area contributed by atoms with E-state index in [0.717, 1.165) is 5.56 Å². The molecule has 0 fully saturated rings. The molecule has 0 aliphatic heterocycles. The van der Waals surface area contributed by atoms with Gasteiger partial charge in [-0.25, -0.2) is 4.79 Å². The monoisotopic (exact) mass is 286 g/mol. The van der Waals surface area contributed by atoms with Gasteiger partial charge in [0, 0.05) is 0 Å². The van der Waals surface area contributed by atoms with Gasteiger partial charge in [0.05, 0.1) is 22.3 Å². The van der Waals surface area contributed by atoms with Crippen LogP contribution in [0.15, 0.2) is 48.5 Å². The van der Waals surface area contributed by atoms with Crippen LogP contribution < -0.4 is 5.32 Å². The molecule has 1 N–H and O–H groups in total. The normalized spacial score (nSPS) is 9.60. The van der Waals surface area contributed by atoms with Crippen LogP contribution in [-0.2, 0) is 11.3 Å². The molecule has 0 aliphatic rings. The first-order valence-electron chi connectivity index (χ1n) is 5.86. The lowest BCUT2D eigenvalue weighted by Crippen LogP contribution is -2.13. The van der Waals surface area contributed by atoms with E-state index in [2.05, 4.69) is 5.32 Å². The van der Waals surface area contributed by atoms with Crippen LogP contribution in [0.1, 0.15) is 11.1 Å². The second kappa shape index (κ2) is 6.60. The van der Waals surface area contributed by atoms with E-state index in [-0.39, 0.29) is 6.61 Å². The van der Waals surface area contributed by atoms with Crippen molar-refractivity contribution in [2.75, 3.05) is 5.32 Å². The number of halogens is 1. The van der Waals surface area contributed by atoms with Crippen molar-refractivity contribution in [3.05, 3.63) is 64.7 Å². The third-order valence-electron chi connectivity index (χ3n) is 2.55. The zero-order valence-electron chi connectivity index (χ0n) is 10.5. The minimum atomic E-state index is -0.597. The first kappa shape index (κ1) is 13.9. The summed E-state index contributed by atoms with van der Waals surface area (Å²) in [6, 6.07) is 15.9. The van der Waals surface area contributed by atoms with E-state index in [4.69, 9.17) is 21.6 Å². The Morgan fingerprint density at radius 1 is 1.25 bits per heavy atom. The topological polar surface area (TPSA) is 62.1 Å². The molecule has 0 unspecified atom stereocenters. The molecule has 1 amide bonds. The smallest absolute Gasteiger partial charge is 0.412 e. The summed E-state index contributed by atoms with van der Waals surface area (Å²) in [6.45, 7) is 0.181. The number of hydrogen-bond acceptors (Lipinski definition) is 3. The van der Waals surface area contributed by atoms with E-state index in [1.807, 2.05) is 36.4 Å². The van der Waals surface area contributed by atoms with E-state index < -0.39 is 6.09 Å². The number of hydrogen-bond donors (Lipinski definition) is 1. The van der Waals surface area contributed by atoms with Crippen molar-refractivity contribution in [2.45, 2.75) is 6.61 Å². The highest BCUT2D eigenvalue weighted by molar-refractivity contribution is 6.33. The Morgan fingerprint density at radius 3 is 2.65 bits per heavy atom. The Kier molecular flexibility index (Phi) is 4.59. The average molecular weight is 287 g/mol. The predicted molar refractivity (Wildman–Crippen MR) is 76.4 cm³/mol. The summed E-state index contributed by atoms with van der Waals surface area (Å²) in [5.74, 6) is 0. The molecule has 20 heavy (non-hydrogen) atoms. The second-order valence-electron chi connectivity index (χ2n) is 3.99. The molecule has 0 aliphatic carbocycles. The summed E-state index contributed by atoms with van der Waals surface area (Å²) in [4.78, 5) is 11.6. The first-order valence-corrected chi connectivity index (χ1v) is 6.24. The standard InChI is InChI=1S/C15H11ClN2O2/c16-13-8-12(9-17)6-7-14(13)18-15(19)20-10-11-4-2-1-3-5-11/h1-8H,10H2,(H,18,19). The molecule has 0 saturated heterocycles. The lowest BCUT2D eigenvalue weighted by Gasteiger charge is -2.08. The van der Waals surface area contributed by atoms with Crippen LogP contribution >= 0.6 is 11.6 Å². The van der Waals surface area contributed by atoms with Crippen molar-refractivity contribution in [3.63, 3.8) is 0 Å². The van der Waals surface area contributed by atoms with Crippen LogP contribution in [0.3, 0.4) is 0 Å². The van der Waals surface area contributed by atoms with Gasteiger partial charge >= 0.3 is 6.09 Å². The number of nitriles is 1. The summed E-state index contributed by atoms with van der Waals surface area (Å²) in [5, 5.41) is 11.5. The molecule has 0 heterocycles. The van der Waals surface area contributed by atoms with Gasteiger partial charge in [0.2, 0.25) is 0 Å². The maximum Gasteiger partial charge on any atom is 0.412 e. The van der Waals surface area contributed by atoms with Gasteiger partial charge in [0.15, 0.2) is 0 Å². The lowest BCUT2D eigenvalue weighted by atomic mass is 10.2. The number of benzene rings is 2. The third kappa shape index (κ3) is 3.74. The first-order chi connectivity index (χ1) is 9.69. The Bertz CT molecular complexity index is 651. The SMILES string of the molecule is N#Cc1ccc(NC(=O)OCc2ccccc2)c(Cl)c1. The molecule has 0 saturated carbocycles. The maximum absolute atomic E-state index is 11.6. The molecule has 0 aromatic heterocycles. The molecule has 5 heteroatoms. The highest BCUT2D eigenvalue weighted by Gasteiger charge is 2.07. The Labute approximate surface area is 121 Å². The summed E-state index contributed by atoms with van der Waals surface area (Å²) >= 11 is 5.95. The molecule has 2 aromatic rings. The third-order valence-corrected chi connectivity index (χ3v) is 2.86. The van der Waals surface area contributed by atoms with Gasteiger partial charge in [-0.2, -0.15) is 5.26 Å². The quantitative estimate of drug-likeness (QED) is 0.929. The average Bonchev–Trinajstić information content (AvgIpc) is 2.48. The van der Waals surface area contributed by atoms with Crippen LogP contribution in [0.25, 0.3) is 0 Å². The number of ether oxygens (including phenoxy) is 1. The van der Waals surface area contributed by atoms with E-state index in [1.165, 1.54) is 6.07 Å². The number of nitrogens with one attached hydrogen (secondary N) is 1. The van der Waals surface area contributed by atoms with Gasteiger partial charge in [0.1, 0.15) is 6.61 Å². The zero-order chi connectivity index (χ0) is 14.4. The Hall–Kier alpha value is -2.51. The van der Waals surface area contributed by atoms with Gasteiger partial charge in [0.25, 0.3) is 0 Å². The molecular formula is C15H11ClN2O2. The largest absolute Gasteiger partial charge is 0.444 e. The fourth-order valence-electron chi connectivity index (χ4n) is 1.56. The maximum atomic E-state index is 11.6. The molecule has 100 valence electrons. The van der Waals surface area contributed by atoms with Crippen molar-refractivity contribution in [2.24, 2.45) is 0 Å². The fraction of sp³-hybridized carbons (Fsp3) is 0.0667. The van der Waals surface area contributed by atoms with Gasteiger partial charge in [-0.15, -0.1) is 0 Å². The summed E-state index contributed by atoms with van der Waals surface area (Å²) in [5.41, 5.74) is 1.73. The molecule has 2 rings (SSSR count). The van der Waals surface area contributed by atoms with Gasteiger partial charge < -0.3 is 4.74 Å². The van der Waals surface area contributed by atoms with Crippen molar-refractivity contribution in [1.82, 2.24) is 0 Å². The molecule has 2 aromatic carbocycles. The Morgan fingerprint density at radius 2 is 2.00 bits per heavy atom. The van der Waals surface area contributed by atoms with Crippen molar-refractivity contribution >= 4 is 23.4 Å². The Balaban J connectivity index is 1.93. The summed E-state index contributed by atoms with van der Waals surface area (Å²) in [7, 11) is 0. The molecular weight excluding hydrogens is 276 g/mol. The lowest BCUT2D eigenvalue weighted by molar-refractivity contribution is 0.155. The predicted octanol–water partition coefficient (Wildman–Crippen LogP) is 3.96. The number of carbonyl (C=O) groups excluding carboxylic acids is 1. The highest BCUT2D eigenvalue weighted by Crippen LogP contribution is 2.22. The van der Waals surface area contributed by atoms with E-state index >= 15 is 0 Å². The van der Waals surface area contributed by atoms with Gasteiger partial charge in [-0.3, -0.25) is 5.32 Å². The summed E-state index contributed by atoms with van der Waals surface area (Å²) < 4.78 is 5.07. The van der Waals surface area contributed by atoms with Crippen LogP contribution in [0.4, 0.5) is 10.5 Å². The van der Waals surface area contributed by atoms with Crippen LogP contribution in [-0.4, -0.2) is 6.09 Å². The minimum Gasteiger partial charge on any atom is -0.444 e. The fourth-order valence-corrected chi connectivity index (χ4v) is 1.78. The van der Waals surface area contributed by atoms with Crippen LogP contribution in [0.5, 0.6) is 0 Å². The summed E-state index contributed by atoms with van der Waals surface area (Å²) in [6.07, 6.45) is -0.597.